The minimum atomic E-state index is -1.22. The van der Waals surface area contributed by atoms with Gasteiger partial charge >= 0.3 is 0 Å². The summed E-state index contributed by atoms with van der Waals surface area (Å²) in [7, 11) is 0. The SMILES string of the molecule is c1ccc(C[N+]2=C3CCCNNN3CCC2)cc1.c1ccc([B-](c2ccccc2)(c2ccccc2)c2ccccc2)cc1. The largest absolute Gasteiger partial charge is 0.266 e. The van der Waals surface area contributed by atoms with Crippen LogP contribution in [0.15, 0.2) is 152 Å². The van der Waals surface area contributed by atoms with Crippen LogP contribution in [-0.4, -0.2) is 41.2 Å². The van der Waals surface area contributed by atoms with E-state index in [1.165, 1.54) is 52.6 Å². The number of benzene rings is 5. The molecule has 43 heavy (non-hydrogen) atoms. The van der Waals surface area contributed by atoms with Crippen molar-refractivity contribution in [2.24, 2.45) is 0 Å². The number of hydrogen-bond donors (Lipinski definition) is 2. The Morgan fingerprint density at radius 1 is 0.558 bits per heavy atom. The van der Waals surface area contributed by atoms with E-state index in [-0.39, 0.29) is 0 Å². The molecule has 7 rings (SSSR count). The first-order chi connectivity index (χ1) is 21.4. The van der Waals surface area contributed by atoms with Crippen molar-refractivity contribution in [1.82, 2.24) is 16.0 Å². The van der Waals surface area contributed by atoms with Crippen LogP contribution in [-0.2, 0) is 6.54 Å². The lowest BCUT2D eigenvalue weighted by atomic mass is 9.13. The summed E-state index contributed by atoms with van der Waals surface area (Å²) in [6, 6.07) is 54.3. The second-order valence-electron chi connectivity index (χ2n) is 11.5. The summed E-state index contributed by atoms with van der Waals surface area (Å²) in [5.74, 6) is 1.44. The van der Waals surface area contributed by atoms with Crippen molar-refractivity contribution in [3.63, 3.8) is 0 Å². The Hall–Kier alpha value is -4.45. The lowest BCUT2D eigenvalue weighted by molar-refractivity contribution is -0.556. The number of rotatable bonds is 6. The van der Waals surface area contributed by atoms with Crippen molar-refractivity contribution in [2.75, 3.05) is 19.6 Å². The molecule has 0 saturated carbocycles. The number of hydrazine groups is 2. The summed E-state index contributed by atoms with van der Waals surface area (Å²) in [5, 5.41) is 2.28. The molecule has 0 aromatic heterocycles. The zero-order valence-electron chi connectivity index (χ0n) is 24.9. The van der Waals surface area contributed by atoms with Gasteiger partial charge in [0, 0.05) is 13.0 Å². The highest BCUT2D eigenvalue weighted by Gasteiger charge is 2.31. The fourth-order valence-electron chi connectivity index (χ4n) is 6.84. The minimum Gasteiger partial charge on any atom is -0.260 e. The molecule has 0 spiro atoms. The van der Waals surface area contributed by atoms with Gasteiger partial charge in [0.15, 0.2) is 0 Å². The van der Waals surface area contributed by atoms with Crippen LogP contribution in [0.3, 0.4) is 0 Å². The molecule has 0 bridgehead atoms. The van der Waals surface area contributed by atoms with Crippen LogP contribution in [0.25, 0.3) is 0 Å². The van der Waals surface area contributed by atoms with Crippen LogP contribution >= 0.6 is 0 Å². The molecule has 4 nitrogen and oxygen atoms in total. The maximum Gasteiger partial charge on any atom is 0.266 e. The van der Waals surface area contributed by atoms with Gasteiger partial charge in [-0.2, -0.15) is 26.9 Å². The molecule has 0 unspecified atom stereocenters. The normalized spacial score (nSPS) is 15.1. The van der Waals surface area contributed by atoms with Crippen molar-refractivity contribution < 1.29 is 4.58 Å². The van der Waals surface area contributed by atoms with Gasteiger partial charge in [-0.1, -0.05) is 157 Å². The van der Waals surface area contributed by atoms with Crippen molar-refractivity contribution in [1.29, 1.82) is 0 Å². The molecule has 0 amide bonds. The predicted molar refractivity (Wildman–Crippen MR) is 182 cm³/mol. The summed E-state index contributed by atoms with van der Waals surface area (Å²) in [6.45, 7) is 4.34. The van der Waals surface area contributed by atoms with Gasteiger partial charge in [-0.15, -0.1) is 0 Å². The molecule has 1 fully saturated rings. The summed E-state index contributed by atoms with van der Waals surface area (Å²) >= 11 is 0. The molecule has 2 heterocycles. The highest BCUT2D eigenvalue weighted by atomic mass is 15.7. The second kappa shape index (κ2) is 14.1. The third-order valence-corrected chi connectivity index (χ3v) is 8.82. The average Bonchev–Trinajstić information content (AvgIpc) is 3.35. The zero-order valence-corrected chi connectivity index (χ0v) is 24.9. The van der Waals surface area contributed by atoms with Crippen molar-refractivity contribution in [3.05, 3.63) is 157 Å². The van der Waals surface area contributed by atoms with Crippen LogP contribution < -0.4 is 32.8 Å². The molecule has 0 radical (unpaired) electrons. The lowest BCUT2D eigenvalue weighted by Gasteiger charge is -2.44. The number of fused-ring (bicyclic) bond motifs is 1. The number of amidine groups is 1. The van der Waals surface area contributed by atoms with Crippen LogP contribution in [0.4, 0.5) is 0 Å². The van der Waals surface area contributed by atoms with Crippen molar-refractivity contribution >= 4 is 33.8 Å². The fourth-order valence-corrected chi connectivity index (χ4v) is 6.84. The quantitative estimate of drug-likeness (QED) is 0.240. The summed E-state index contributed by atoms with van der Waals surface area (Å²) < 4.78 is 2.51. The van der Waals surface area contributed by atoms with Gasteiger partial charge in [-0.25, -0.2) is 5.43 Å². The molecule has 0 atom stereocenters. The first-order valence-electron chi connectivity index (χ1n) is 15.6. The Bertz CT molecular complexity index is 1410. The van der Waals surface area contributed by atoms with Crippen molar-refractivity contribution in [2.45, 2.75) is 25.8 Å². The van der Waals surface area contributed by atoms with Gasteiger partial charge in [0.1, 0.15) is 19.2 Å². The molecular formula is C38H41BN4. The van der Waals surface area contributed by atoms with E-state index in [2.05, 4.69) is 172 Å². The molecule has 1 saturated heterocycles. The topological polar surface area (TPSA) is 30.3 Å². The molecule has 2 aliphatic rings. The van der Waals surface area contributed by atoms with Crippen LogP contribution in [0.1, 0.15) is 24.8 Å². The van der Waals surface area contributed by atoms with Gasteiger partial charge in [0.25, 0.3) is 5.84 Å². The van der Waals surface area contributed by atoms with Gasteiger partial charge in [-0.05, 0) is 12.0 Å². The Morgan fingerprint density at radius 3 is 1.47 bits per heavy atom. The third-order valence-electron chi connectivity index (χ3n) is 8.82. The van der Waals surface area contributed by atoms with E-state index in [4.69, 9.17) is 0 Å². The van der Waals surface area contributed by atoms with E-state index in [1.54, 1.807) is 0 Å². The van der Waals surface area contributed by atoms with Crippen molar-refractivity contribution in [3.8, 4) is 0 Å². The van der Waals surface area contributed by atoms with Gasteiger partial charge in [-0.3, -0.25) is 4.58 Å². The second-order valence-corrected chi connectivity index (χ2v) is 11.5. The fraction of sp³-hybridized carbons (Fsp3) is 0.184. The Kier molecular flexibility index (Phi) is 9.43. The van der Waals surface area contributed by atoms with Gasteiger partial charge in [0.2, 0.25) is 0 Å². The monoisotopic (exact) mass is 564 g/mol. The first-order valence-corrected chi connectivity index (χ1v) is 15.6. The van der Waals surface area contributed by atoms with E-state index < -0.39 is 6.15 Å². The summed E-state index contributed by atoms with van der Waals surface area (Å²) in [4.78, 5) is 0. The molecule has 2 N–H and O–H groups in total. The Labute approximate surface area is 256 Å². The number of nitrogens with one attached hydrogen (secondary N) is 2. The lowest BCUT2D eigenvalue weighted by Crippen LogP contribution is -2.74. The predicted octanol–water partition coefficient (Wildman–Crippen LogP) is 4.17. The molecule has 216 valence electrons. The van der Waals surface area contributed by atoms with Crippen LogP contribution in [0, 0.1) is 0 Å². The smallest absolute Gasteiger partial charge is 0.260 e. The highest BCUT2D eigenvalue weighted by Crippen LogP contribution is 2.11. The molecule has 5 aromatic carbocycles. The highest BCUT2D eigenvalue weighted by molar-refractivity contribution is 7.19. The third kappa shape index (κ3) is 6.49. The average molecular weight is 565 g/mol. The molecular weight excluding hydrogens is 523 g/mol. The standard InChI is InChI=1S/C24H20B.C14H21N4/c1-5-13-21(14-6-1)25(22-15-7-2-8-16-22,23-17-9-3-10-18-23)24-19-11-4-12-20-24;1-2-6-13(7-3-1)12-17-10-5-11-18-14(17)8-4-9-15-16-18/h1-20H;1-3,6-7,15-16H,4-5,8-12H2/q-1;+1. The van der Waals surface area contributed by atoms with Crippen LogP contribution in [0.5, 0.6) is 0 Å². The Balaban J connectivity index is 0.000000162. The van der Waals surface area contributed by atoms with E-state index in [0.717, 1.165) is 26.1 Å². The van der Waals surface area contributed by atoms with E-state index >= 15 is 0 Å². The number of hydrogen-bond acceptors (Lipinski definition) is 3. The van der Waals surface area contributed by atoms with Gasteiger partial charge in [0.05, 0.1) is 13.0 Å². The van der Waals surface area contributed by atoms with Crippen LogP contribution in [0.2, 0.25) is 0 Å². The first kappa shape index (κ1) is 28.7. The Morgan fingerprint density at radius 2 is 1.00 bits per heavy atom. The molecule has 0 aliphatic carbocycles. The number of nitrogens with zero attached hydrogens (tertiary/aromatic N) is 2. The van der Waals surface area contributed by atoms with E-state index in [0.29, 0.717) is 0 Å². The zero-order chi connectivity index (χ0) is 29.2. The maximum absolute atomic E-state index is 3.30. The summed E-state index contributed by atoms with van der Waals surface area (Å²) in [5.41, 5.74) is 13.3. The van der Waals surface area contributed by atoms with E-state index in [1.807, 2.05) is 0 Å². The van der Waals surface area contributed by atoms with E-state index in [9.17, 15) is 0 Å². The maximum atomic E-state index is 3.30. The molecule has 2 aliphatic heterocycles. The minimum absolute atomic E-state index is 1.02. The summed E-state index contributed by atoms with van der Waals surface area (Å²) in [6.07, 6.45) is 2.36. The molecule has 5 aromatic rings. The molecule has 5 heteroatoms. The van der Waals surface area contributed by atoms with Gasteiger partial charge < -0.3 is 0 Å².